The average Bonchev–Trinajstić information content (AvgIpc) is 2.62. The van der Waals surface area contributed by atoms with Crippen molar-refractivity contribution in [2.75, 3.05) is 31.7 Å². The largest absolute Gasteiger partial charge is 0.490 e. The van der Waals surface area contributed by atoms with Crippen LogP contribution in [-0.4, -0.2) is 32.6 Å². The number of rotatable bonds is 5. The summed E-state index contributed by atoms with van der Waals surface area (Å²) in [5.41, 5.74) is 1.09. The fourth-order valence-corrected chi connectivity index (χ4v) is 2.08. The lowest BCUT2D eigenvalue weighted by atomic mass is 10.2. The molecule has 0 fully saturated rings. The Morgan fingerprint density at radius 2 is 2.00 bits per heavy atom. The standard InChI is InChI=1S/C15H21NO3/c1-12(17)5-3-8-16(2)13-6-7-14-15(11-13)19-10-4-9-18-14/h6-7,11H,3-5,8-10H2,1-2H3. The van der Waals surface area contributed by atoms with Crippen molar-refractivity contribution < 1.29 is 14.3 Å². The highest BCUT2D eigenvalue weighted by Gasteiger charge is 2.12. The van der Waals surface area contributed by atoms with E-state index in [2.05, 4.69) is 4.90 Å². The van der Waals surface area contributed by atoms with Gasteiger partial charge in [-0.1, -0.05) is 0 Å². The van der Waals surface area contributed by atoms with Crippen LogP contribution >= 0.6 is 0 Å². The lowest BCUT2D eigenvalue weighted by molar-refractivity contribution is -0.117. The number of Topliss-reactive ketones (excluding diaryl/α,β-unsaturated/α-hetero) is 1. The third-order valence-corrected chi connectivity index (χ3v) is 3.19. The third kappa shape index (κ3) is 3.88. The number of hydrogen-bond donors (Lipinski definition) is 0. The number of carbonyl (C=O) groups is 1. The molecule has 1 aliphatic heterocycles. The molecular weight excluding hydrogens is 242 g/mol. The smallest absolute Gasteiger partial charge is 0.163 e. The molecule has 1 aromatic rings. The fraction of sp³-hybridized carbons (Fsp3) is 0.533. The van der Waals surface area contributed by atoms with Crippen molar-refractivity contribution in [1.29, 1.82) is 0 Å². The molecule has 0 amide bonds. The van der Waals surface area contributed by atoms with Crippen LogP contribution in [0.4, 0.5) is 5.69 Å². The number of hydrogen-bond acceptors (Lipinski definition) is 4. The van der Waals surface area contributed by atoms with Crippen LogP contribution in [0.15, 0.2) is 18.2 Å². The van der Waals surface area contributed by atoms with E-state index >= 15 is 0 Å². The fourth-order valence-electron chi connectivity index (χ4n) is 2.08. The molecule has 4 heteroatoms. The van der Waals surface area contributed by atoms with Gasteiger partial charge in [0.2, 0.25) is 0 Å². The Bertz CT molecular complexity index is 445. The molecule has 2 rings (SSSR count). The van der Waals surface area contributed by atoms with Gasteiger partial charge in [-0.3, -0.25) is 0 Å². The van der Waals surface area contributed by atoms with Crippen LogP contribution in [0.2, 0.25) is 0 Å². The molecule has 0 saturated carbocycles. The predicted molar refractivity (Wildman–Crippen MR) is 75.2 cm³/mol. The monoisotopic (exact) mass is 263 g/mol. The lowest BCUT2D eigenvalue weighted by Gasteiger charge is -2.20. The minimum atomic E-state index is 0.243. The molecule has 0 aromatic heterocycles. The number of ketones is 1. The molecule has 0 atom stereocenters. The molecule has 1 heterocycles. The van der Waals surface area contributed by atoms with E-state index in [4.69, 9.17) is 9.47 Å². The molecule has 19 heavy (non-hydrogen) atoms. The predicted octanol–water partition coefficient (Wildman–Crippen LogP) is 2.65. The number of carbonyl (C=O) groups excluding carboxylic acids is 1. The molecule has 0 unspecified atom stereocenters. The first kappa shape index (κ1) is 13.7. The Morgan fingerprint density at radius 3 is 2.74 bits per heavy atom. The minimum absolute atomic E-state index is 0.243. The van der Waals surface area contributed by atoms with E-state index in [9.17, 15) is 4.79 Å². The van der Waals surface area contributed by atoms with Gasteiger partial charge >= 0.3 is 0 Å². The van der Waals surface area contributed by atoms with Crippen molar-refractivity contribution in [3.8, 4) is 11.5 Å². The topological polar surface area (TPSA) is 38.8 Å². The van der Waals surface area contributed by atoms with Crippen LogP contribution < -0.4 is 14.4 Å². The molecule has 0 N–H and O–H groups in total. The van der Waals surface area contributed by atoms with Gasteiger partial charge in [0, 0.05) is 38.2 Å². The Labute approximate surface area is 114 Å². The van der Waals surface area contributed by atoms with Gasteiger partial charge in [0.15, 0.2) is 11.5 Å². The number of benzene rings is 1. The molecule has 0 radical (unpaired) electrons. The van der Waals surface area contributed by atoms with Gasteiger partial charge in [-0.15, -0.1) is 0 Å². The second kappa shape index (κ2) is 6.45. The molecule has 1 aromatic carbocycles. The number of fused-ring (bicyclic) bond motifs is 1. The highest BCUT2D eigenvalue weighted by Crippen LogP contribution is 2.33. The number of nitrogens with zero attached hydrogens (tertiary/aromatic N) is 1. The second-order valence-electron chi connectivity index (χ2n) is 4.91. The summed E-state index contributed by atoms with van der Waals surface area (Å²) in [5.74, 6) is 1.87. The van der Waals surface area contributed by atoms with Gasteiger partial charge in [-0.2, -0.15) is 0 Å². The van der Waals surface area contributed by atoms with E-state index in [1.807, 2.05) is 25.2 Å². The highest BCUT2D eigenvalue weighted by atomic mass is 16.5. The normalized spacial score (nSPS) is 13.8. The lowest BCUT2D eigenvalue weighted by Crippen LogP contribution is -2.19. The molecular formula is C15H21NO3. The SMILES string of the molecule is CC(=O)CCCN(C)c1ccc2c(c1)OCCCO2. The Morgan fingerprint density at radius 1 is 1.26 bits per heavy atom. The highest BCUT2D eigenvalue weighted by molar-refractivity contribution is 5.75. The zero-order valence-corrected chi connectivity index (χ0v) is 11.6. The van der Waals surface area contributed by atoms with Gasteiger partial charge in [0.25, 0.3) is 0 Å². The summed E-state index contributed by atoms with van der Waals surface area (Å²) < 4.78 is 11.3. The van der Waals surface area contributed by atoms with Crippen molar-refractivity contribution in [2.24, 2.45) is 0 Å². The van der Waals surface area contributed by atoms with Crippen LogP contribution in [0.25, 0.3) is 0 Å². The van der Waals surface area contributed by atoms with E-state index in [-0.39, 0.29) is 5.78 Å². The maximum absolute atomic E-state index is 10.9. The van der Waals surface area contributed by atoms with Crippen LogP contribution in [-0.2, 0) is 4.79 Å². The zero-order chi connectivity index (χ0) is 13.7. The van der Waals surface area contributed by atoms with E-state index in [1.54, 1.807) is 6.92 Å². The van der Waals surface area contributed by atoms with Crippen molar-refractivity contribution in [2.45, 2.75) is 26.2 Å². The van der Waals surface area contributed by atoms with Crippen molar-refractivity contribution >= 4 is 11.5 Å². The van der Waals surface area contributed by atoms with Crippen LogP contribution in [0.3, 0.4) is 0 Å². The van der Waals surface area contributed by atoms with Gasteiger partial charge in [-0.05, 0) is 25.5 Å². The summed E-state index contributed by atoms with van der Waals surface area (Å²) >= 11 is 0. The molecule has 0 saturated heterocycles. The van der Waals surface area contributed by atoms with Gasteiger partial charge in [-0.25, -0.2) is 0 Å². The van der Waals surface area contributed by atoms with Crippen LogP contribution in [0.1, 0.15) is 26.2 Å². The van der Waals surface area contributed by atoms with Gasteiger partial charge in [0.05, 0.1) is 13.2 Å². The second-order valence-corrected chi connectivity index (χ2v) is 4.91. The summed E-state index contributed by atoms with van der Waals surface area (Å²) in [4.78, 5) is 13.1. The molecule has 104 valence electrons. The summed E-state index contributed by atoms with van der Waals surface area (Å²) in [6, 6.07) is 5.99. The molecule has 4 nitrogen and oxygen atoms in total. The summed E-state index contributed by atoms with van der Waals surface area (Å²) in [6.45, 7) is 3.90. The van der Waals surface area contributed by atoms with E-state index in [0.29, 0.717) is 19.6 Å². The summed E-state index contributed by atoms with van der Waals surface area (Å²) in [6.07, 6.45) is 2.42. The van der Waals surface area contributed by atoms with Crippen LogP contribution in [0.5, 0.6) is 11.5 Å². The Hall–Kier alpha value is -1.71. The average molecular weight is 263 g/mol. The minimum Gasteiger partial charge on any atom is -0.490 e. The third-order valence-electron chi connectivity index (χ3n) is 3.19. The first-order valence-electron chi connectivity index (χ1n) is 6.77. The van der Waals surface area contributed by atoms with E-state index in [0.717, 1.165) is 36.6 Å². The molecule has 0 spiro atoms. The Kier molecular flexibility index (Phi) is 4.66. The number of ether oxygens (including phenoxy) is 2. The summed E-state index contributed by atoms with van der Waals surface area (Å²) in [7, 11) is 2.03. The molecule has 0 aliphatic carbocycles. The molecule has 1 aliphatic rings. The Balaban J connectivity index is 2.00. The first-order valence-corrected chi connectivity index (χ1v) is 6.77. The number of anilines is 1. The van der Waals surface area contributed by atoms with Crippen LogP contribution in [0, 0.1) is 0 Å². The first-order chi connectivity index (χ1) is 9.16. The van der Waals surface area contributed by atoms with Crippen molar-refractivity contribution in [3.63, 3.8) is 0 Å². The molecule has 0 bridgehead atoms. The maximum Gasteiger partial charge on any atom is 0.163 e. The maximum atomic E-state index is 10.9. The van der Waals surface area contributed by atoms with Gasteiger partial charge < -0.3 is 19.2 Å². The zero-order valence-electron chi connectivity index (χ0n) is 11.6. The van der Waals surface area contributed by atoms with Gasteiger partial charge in [0.1, 0.15) is 5.78 Å². The quantitative estimate of drug-likeness (QED) is 0.818. The van der Waals surface area contributed by atoms with Crippen molar-refractivity contribution in [3.05, 3.63) is 18.2 Å². The van der Waals surface area contributed by atoms with E-state index in [1.165, 1.54) is 0 Å². The van der Waals surface area contributed by atoms with E-state index < -0.39 is 0 Å². The van der Waals surface area contributed by atoms with Crippen molar-refractivity contribution in [1.82, 2.24) is 0 Å². The summed E-state index contributed by atoms with van der Waals surface area (Å²) in [5, 5.41) is 0.